The highest BCUT2D eigenvalue weighted by Crippen LogP contribution is 2.31. The van der Waals surface area contributed by atoms with Crippen molar-refractivity contribution in [2.24, 2.45) is 0 Å². The predicted molar refractivity (Wildman–Crippen MR) is 126 cm³/mol. The van der Waals surface area contributed by atoms with Gasteiger partial charge >= 0.3 is 0 Å². The minimum absolute atomic E-state index is 0.0780. The Morgan fingerprint density at radius 1 is 1.12 bits per heavy atom. The van der Waals surface area contributed by atoms with Crippen LogP contribution in [0.3, 0.4) is 0 Å². The molecule has 2 aromatic carbocycles. The number of ether oxygens (including phenoxy) is 3. The molecule has 2 heterocycles. The summed E-state index contributed by atoms with van der Waals surface area (Å²) in [6.45, 7) is 2.82. The number of methoxy groups -OCH3 is 2. The van der Waals surface area contributed by atoms with Crippen LogP contribution in [0.1, 0.15) is 21.9 Å². The number of amides is 1. The zero-order valence-corrected chi connectivity index (χ0v) is 19.5. The van der Waals surface area contributed by atoms with Gasteiger partial charge in [-0.1, -0.05) is 41.9 Å². The number of carbonyl (C=O) groups is 1. The van der Waals surface area contributed by atoms with Crippen LogP contribution in [0.15, 0.2) is 48.5 Å². The van der Waals surface area contributed by atoms with Crippen molar-refractivity contribution in [2.75, 3.05) is 45.8 Å². The molecule has 1 aliphatic heterocycles. The molecule has 0 aliphatic carbocycles. The second-order valence-corrected chi connectivity index (χ2v) is 8.03. The molecule has 33 heavy (non-hydrogen) atoms. The molecule has 1 aromatic heterocycles. The Balaban J connectivity index is 1.68. The zero-order chi connectivity index (χ0) is 23.2. The fraction of sp³-hybridized carbons (Fsp3) is 0.333. The normalized spacial score (nSPS) is 13.3. The van der Waals surface area contributed by atoms with Crippen LogP contribution < -0.4 is 14.8 Å². The first-order valence-corrected chi connectivity index (χ1v) is 11.1. The van der Waals surface area contributed by atoms with E-state index in [1.807, 2.05) is 34.9 Å². The van der Waals surface area contributed by atoms with E-state index in [1.54, 1.807) is 37.3 Å². The van der Waals surface area contributed by atoms with Crippen molar-refractivity contribution in [3.8, 4) is 11.5 Å². The molecule has 174 valence electrons. The molecule has 0 fully saturated rings. The molecule has 8 nitrogen and oxygen atoms in total. The van der Waals surface area contributed by atoms with Gasteiger partial charge in [0.2, 0.25) is 0 Å². The third-order valence-corrected chi connectivity index (χ3v) is 5.68. The monoisotopic (exact) mass is 470 g/mol. The number of hydrogen-bond acceptors (Lipinski definition) is 6. The summed E-state index contributed by atoms with van der Waals surface area (Å²) in [7, 11) is 3.19. The Bertz CT molecular complexity index is 1100. The van der Waals surface area contributed by atoms with Gasteiger partial charge in [0.15, 0.2) is 23.0 Å². The third kappa shape index (κ3) is 5.23. The minimum atomic E-state index is -0.0780. The highest BCUT2D eigenvalue weighted by Gasteiger charge is 2.29. The average molecular weight is 471 g/mol. The number of nitrogens with one attached hydrogen (secondary N) is 1. The number of nitrogens with zero attached hydrogens (tertiary/aromatic N) is 3. The number of imidazole rings is 1. The molecule has 4 rings (SSSR count). The lowest BCUT2D eigenvalue weighted by Gasteiger charge is -2.21. The number of carbonyl (C=O) groups excluding carboxylic acids is 1. The van der Waals surface area contributed by atoms with Crippen LogP contribution in [0.4, 0.5) is 5.82 Å². The lowest BCUT2D eigenvalue weighted by atomic mass is 10.2. The Hall–Kier alpha value is -3.23. The molecule has 0 saturated carbocycles. The number of halogens is 1. The second-order valence-electron chi connectivity index (χ2n) is 7.59. The van der Waals surface area contributed by atoms with Gasteiger partial charge in [-0.2, -0.15) is 0 Å². The van der Waals surface area contributed by atoms with Gasteiger partial charge in [0.1, 0.15) is 12.4 Å². The fourth-order valence-corrected chi connectivity index (χ4v) is 3.93. The van der Waals surface area contributed by atoms with Gasteiger partial charge < -0.3 is 29.0 Å². The summed E-state index contributed by atoms with van der Waals surface area (Å²) in [4.78, 5) is 20.0. The first-order valence-electron chi connectivity index (χ1n) is 10.7. The van der Waals surface area contributed by atoms with Gasteiger partial charge in [-0.15, -0.1) is 0 Å². The van der Waals surface area contributed by atoms with Gasteiger partial charge in [0.25, 0.3) is 5.91 Å². The molecule has 1 aliphatic rings. The van der Waals surface area contributed by atoms with Gasteiger partial charge in [0.05, 0.1) is 13.7 Å². The van der Waals surface area contributed by atoms with E-state index in [0.29, 0.717) is 66.6 Å². The lowest BCUT2D eigenvalue weighted by molar-refractivity contribution is 0.0698. The van der Waals surface area contributed by atoms with Crippen molar-refractivity contribution in [3.63, 3.8) is 0 Å². The smallest absolute Gasteiger partial charge is 0.274 e. The van der Waals surface area contributed by atoms with Crippen molar-refractivity contribution < 1.29 is 19.0 Å². The lowest BCUT2D eigenvalue weighted by Crippen LogP contribution is -2.36. The molecule has 3 aromatic rings. The summed E-state index contributed by atoms with van der Waals surface area (Å²) in [6.07, 6.45) is 0. The van der Waals surface area contributed by atoms with E-state index in [4.69, 9.17) is 30.8 Å². The molecule has 1 N–H and O–H groups in total. The molecule has 0 atom stereocenters. The fourth-order valence-electron chi connectivity index (χ4n) is 3.76. The van der Waals surface area contributed by atoms with Crippen LogP contribution in [-0.4, -0.2) is 60.8 Å². The van der Waals surface area contributed by atoms with Crippen LogP contribution in [0, 0.1) is 0 Å². The standard InChI is InChI=1S/C24H27ClN4O4/c1-31-13-12-28-11-10-26-23-22(24(28)30)29(15-17-6-4-3-5-7-17)21(27-23)16-33-19-9-8-18(25)14-20(19)32-2/h3-9,14,26H,10-13,15-16H2,1-2H3. The maximum atomic E-state index is 13.5. The number of anilines is 1. The molecule has 0 unspecified atom stereocenters. The Morgan fingerprint density at radius 2 is 1.94 bits per heavy atom. The zero-order valence-electron chi connectivity index (χ0n) is 18.7. The maximum Gasteiger partial charge on any atom is 0.274 e. The molecule has 0 saturated heterocycles. The van der Waals surface area contributed by atoms with Crippen molar-refractivity contribution >= 4 is 23.3 Å². The summed E-state index contributed by atoms with van der Waals surface area (Å²) < 4.78 is 18.5. The van der Waals surface area contributed by atoms with Crippen LogP contribution in [-0.2, 0) is 17.9 Å². The highest BCUT2D eigenvalue weighted by molar-refractivity contribution is 6.30. The van der Waals surface area contributed by atoms with Crippen molar-refractivity contribution in [1.82, 2.24) is 14.5 Å². The number of hydrogen-bond donors (Lipinski definition) is 1. The summed E-state index contributed by atoms with van der Waals surface area (Å²) in [5, 5.41) is 3.86. The Morgan fingerprint density at radius 3 is 2.70 bits per heavy atom. The first kappa shape index (κ1) is 22.9. The molecule has 1 amide bonds. The molecule has 0 spiro atoms. The number of benzene rings is 2. The van der Waals surface area contributed by atoms with E-state index in [1.165, 1.54) is 0 Å². The number of rotatable bonds is 9. The average Bonchev–Trinajstić information content (AvgIpc) is 3.08. The summed E-state index contributed by atoms with van der Waals surface area (Å²) in [5.74, 6) is 2.20. The van der Waals surface area contributed by atoms with Crippen LogP contribution in [0.2, 0.25) is 5.02 Å². The molecular weight excluding hydrogens is 444 g/mol. The van der Waals surface area contributed by atoms with Gasteiger partial charge in [0, 0.05) is 44.4 Å². The summed E-state index contributed by atoms with van der Waals surface area (Å²) in [6, 6.07) is 15.2. The van der Waals surface area contributed by atoms with E-state index in [0.717, 1.165) is 5.56 Å². The molecule has 0 bridgehead atoms. The van der Waals surface area contributed by atoms with Crippen LogP contribution in [0.25, 0.3) is 0 Å². The Kier molecular flexibility index (Phi) is 7.36. The molecule has 0 radical (unpaired) electrons. The highest BCUT2D eigenvalue weighted by atomic mass is 35.5. The van der Waals surface area contributed by atoms with E-state index >= 15 is 0 Å². The number of aromatic nitrogens is 2. The van der Waals surface area contributed by atoms with E-state index in [-0.39, 0.29) is 12.5 Å². The quantitative estimate of drug-likeness (QED) is 0.514. The third-order valence-electron chi connectivity index (χ3n) is 5.44. The predicted octanol–water partition coefficient (Wildman–Crippen LogP) is 3.69. The second kappa shape index (κ2) is 10.6. The van der Waals surface area contributed by atoms with Crippen molar-refractivity contribution in [1.29, 1.82) is 0 Å². The summed E-state index contributed by atoms with van der Waals surface area (Å²) >= 11 is 6.07. The SMILES string of the molecule is COCCN1CCNc2nc(COc3ccc(Cl)cc3OC)n(Cc3ccccc3)c2C1=O. The van der Waals surface area contributed by atoms with Gasteiger partial charge in [-0.25, -0.2) is 4.98 Å². The van der Waals surface area contributed by atoms with Crippen molar-refractivity contribution in [2.45, 2.75) is 13.2 Å². The largest absolute Gasteiger partial charge is 0.493 e. The van der Waals surface area contributed by atoms with Gasteiger partial charge in [-0.3, -0.25) is 4.79 Å². The summed E-state index contributed by atoms with van der Waals surface area (Å²) in [5.41, 5.74) is 1.58. The topological polar surface area (TPSA) is 77.9 Å². The number of fused-ring (bicyclic) bond motifs is 1. The van der Waals surface area contributed by atoms with Crippen LogP contribution in [0.5, 0.6) is 11.5 Å². The van der Waals surface area contributed by atoms with E-state index in [9.17, 15) is 4.79 Å². The van der Waals surface area contributed by atoms with Crippen LogP contribution >= 0.6 is 11.6 Å². The molecule has 9 heteroatoms. The Labute approximate surface area is 198 Å². The van der Waals surface area contributed by atoms with Crippen molar-refractivity contribution in [3.05, 3.63) is 70.6 Å². The first-order chi connectivity index (χ1) is 16.1. The maximum absolute atomic E-state index is 13.5. The minimum Gasteiger partial charge on any atom is -0.493 e. The molecular formula is C24H27ClN4O4. The van der Waals surface area contributed by atoms with E-state index in [2.05, 4.69) is 5.32 Å². The van der Waals surface area contributed by atoms with Gasteiger partial charge in [-0.05, 0) is 17.7 Å². The van der Waals surface area contributed by atoms with E-state index < -0.39 is 0 Å².